The highest BCUT2D eigenvalue weighted by molar-refractivity contribution is 5.80. The molecule has 0 spiro atoms. The van der Waals surface area contributed by atoms with Gasteiger partial charge in [-0.05, 0) is 110 Å². The van der Waals surface area contributed by atoms with E-state index in [9.17, 15) is 73.9 Å². The molecular formula is C63H83F11O8. The minimum absolute atomic E-state index is 0. The van der Waals surface area contributed by atoms with Gasteiger partial charge < -0.3 is 29.9 Å². The van der Waals surface area contributed by atoms with E-state index in [1.807, 2.05) is 36.4 Å². The Hall–Kier alpha value is -5.75. The molecule has 8 nitrogen and oxygen atoms in total. The van der Waals surface area contributed by atoms with Crippen LogP contribution in [0, 0.1) is 5.92 Å². The predicted molar refractivity (Wildman–Crippen MR) is 296 cm³/mol. The molecular weight excluding hydrogens is 1090 g/mol. The number of phenolic OH excluding ortho intramolecular Hbond substituents is 4. The number of alkyl halides is 10. The second kappa shape index (κ2) is 30.7. The van der Waals surface area contributed by atoms with Crippen molar-refractivity contribution < 1.29 is 89.5 Å². The highest BCUT2D eigenvalue weighted by Gasteiger charge is 2.57. The van der Waals surface area contributed by atoms with E-state index in [1.54, 1.807) is 55.5 Å². The molecule has 0 aromatic heterocycles. The molecule has 19 heteroatoms. The van der Waals surface area contributed by atoms with Gasteiger partial charge in [-0.25, -0.2) is 0 Å². The molecule has 0 fully saturated rings. The number of carbonyl (C=O) groups is 2. The van der Waals surface area contributed by atoms with Crippen LogP contribution in [0.1, 0.15) is 204 Å². The molecule has 0 aliphatic carbocycles. The van der Waals surface area contributed by atoms with Gasteiger partial charge in [0, 0.05) is 74.2 Å². The van der Waals surface area contributed by atoms with Crippen molar-refractivity contribution in [2.75, 3.05) is 13.2 Å². The first-order valence-electron chi connectivity index (χ1n) is 28.5. The molecule has 0 saturated carbocycles. The number of carbonyl (C=O) groups excluding carboxylic acids is 2. The van der Waals surface area contributed by atoms with Gasteiger partial charge in [0.25, 0.3) is 0 Å². The summed E-state index contributed by atoms with van der Waals surface area (Å²) in [6, 6.07) is 24.9. The topological polar surface area (TPSA) is 134 Å². The normalized spacial score (nSPS) is 19.3. The Morgan fingerprint density at radius 1 is 0.500 bits per heavy atom. The summed E-state index contributed by atoms with van der Waals surface area (Å²) in [7, 11) is 0. The summed E-state index contributed by atoms with van der Waals surface area (Å²) >= 11 is 0. The molecule has 6 rings (SSSR count). The molecule has 2 heterocycles. The van der Waals surface area contributed by atoms with Crippen molar-refractivity contribution in [3.63, 3.8) is 0 Å². The Morgan fingerprint density at radius 3 is 1.24 bits per heavy atom. The van der Waals surface area contributed by atoms with Crippen molar-refractivity contribution in [1.82, 2.24) is 0 Å². The Morgan fingerprint density at radius 2 is 0.841 bits per heavy atom. The second-order valence-electron chi connectivity index (χ2n) is 22.8. The van der Waals surface area contributed by atoms with E-state index in [0.29, 0.717) is 50.4 Å². The molecule has 0 amide bonds. The number of hydrogen-bond donors (Lipinski definition) is 4. The van der Waals surface area contributed by atoms with Gasteiger partial charge in [0.15, 0.2) is 0 Å². The number of hydrogen-bond acceptors (Lipinski definition) is 8. The highest BCUT2D eigenvalue weighted by atomic mass is 19.4. The van der Waals surface area contributed by atoms with Crippen LogP contribution in [0.4, 0.5) is 48.6 Å². The van der Waals surface area contributed by atoms with Gasteiger partial charge in [-0.2, -0.15) is 43.9 Å². The second-order valence-corrected chi connectivity index (χ2v) is 22.8. The molecule has 4 aromatic rings. The van der Waals surface area contributed by atoms with Crippen molar-refractivity contribution in [1.29, 1.82) is 0 Å². The molecule has 0 radical (unpaired) electrons. The largest absolute Gasteiger partial charge is 0.508 e. The molecule has 82 heavy (non-hydrogen) atoms. The lowest BCUT2D eigenvalue weighted by Crippen LogP contribution is -2.40. The lowest BCUT2D eigenvalue weighted by molar-refractivity contribution is -0.284. The molecule has 2 aliphatic heterocycles. The molecule has 2 aliphatic rings. The van der Waals surface area contributed by atoms with Crippen molar-refractivity contribution in [3.8, 4) is 34.5 Å². The number of Topliss-reactive ketones (excluding diaryl/α,β-unsaturated/α-hetero) is 2. The smallest absolute Gasteiger partial charge is 0.453 e. The van der Waals surface area contributed by atoms with Crippen LogP contribution in [0.15, 0.2) is 84.9 Å². The molecule has 4 N–H and O–H groups in total. The van der Waals surface area contributed by atoms with E-state index in [-0.39, 0.29) is 95.5 Å². The number of phenols is 4. The summed E-state index contributed by atoms with van der Waals surface area (Å²) in [5, 5.41) is 39.4. The maximum atomic E-state index is 13.0. The van der Waals surface area contributed by atoms with E-state index in [2.05, 4.69) is 13.8 Å². The number of benzene rings is 4. The number of aromatic hydroxyl groups is 4. The number of unbranched alkanes of at least 4 members (excludes halogenated alkanes) is 11. The fraction of sp³-hybridized carbons (Fsp3) is 0.587. The molecule has 1 unspecified atom stereocenters. The van der Waals surface area contributed by atoms with Gasteiger partial charge in [-0.1, -0.05) is 121 Å². The van der Waals surface area contributed by atoms with Gasteiger partial charge in [0.1, 0.15) is 46.1 Å². The van der Waals surface area contributed by atoms with Crippen molar-refractivity contribution in [2.24, 2.45) is 5.92 Å². The quantitative estimate of drug-likeness (QED) is 0.0300. The van der Waals surface area contributed by atoms with Gasteiger partial charge in [-0.15, -0.1) is 0 Å². The molecule has 0 saturated heterocycles. The minimum atomic E-state index is -5.55. The summed E-state index contributed by atoms with van der Waals surface area (Å²) in [6.07, 6.45) is -0.752. The first kappa shape index (κ1) is 68.7. The summed E-state index contributed by atoms with van der Waals surface area (Å²) in [5.41, 5.74) is 3.65. The molecule has 5 atom stereocenters. The van der Waals surface area contributed by atoms with Crippen LogP contribution in [0.2, 0.25) is 0 Å². The van der Waals surface area contributed by atoms with Gasteiger partial charge >= 0.3 is 24.2 Å². The maximum absolute atomic E-state index is 13.0. The standard InChI is InChI=1S/C32H41F5O4.C31H39F5O4.FH.H2/c1-22(10-9-19-31(33,34)32(35,36)37)28(40)12-8-6-4-3-5-7-11-27-26-18-17-25(39)20-29(26)41-21-30(27,2)23-13-15-24(38)16-14-23;1-29(22-13-15-24(38)16-14-22)21-40-28-20-25(39)17-18-26(28)27(29)12-7-5-3-2-4-6-10-23(37)11-8-9-19-30(32,33)31(34,35)36;;/h13-18,20,22,27,38-39H,3-12,19,21H2,1-2H3;13-18,20,27,38-39H,2-12,19,21H2,1H3;2*1H/t22?,27-,30-;27-,29-;;/m11../s1/i;;;1+2. The monoisotopic (exact) mass is 1180 g/mol. The lowest BCUT2D eigenvalue weighted by Gasteiger charge is -2.43. The van der Waals surface area contributed by atoms with Gasteiger partial charge in [-0.3, -0.25) is 14.3 Å². The Labute approximate surface area is 475 Å². The minimum Gasteiger partial charge on any atom is -0.508 e. The third-order valence-electron chi connectivity index (χ3n) is 16.5. The van der Waals surface area contributed by atoms with Crippen LogP contribution >= 0.6 is 0 Å². The van der Waals surface area contributed by atoms with E-state index >= 15 is 0 Å². The van der Waals surface area contributed by atoms with E-state index in [1.165, 1.54) is 0 Å². The zero-order valence-corrected chi connectivity index (χ0v) is 47.1. The fourth-order valence-electron chi connectivity index (χ4n) is 11.3. The van der Waals surface area contributed by atoms with Gasteiger partial charge in [0.05, 0.1) is 13.2 Å². The Balaban J connectivity index is 0.000000425. The summed E-state index contributed by atoms with van der Waals surface area (Å²) < 4.78 is 137. The summed E-state index contributed by atoms with van der Waals surface area (Å²) in [6.45, 7) is 6.84. The van der Waals surface area contributed by atoms with Crippen molar-refractivity contribution in [3.05, 3.63) is 107 Å². The SMILES string of the molecule is CC(CCCC(F)(F)C(F)(F)F)C(=O)CCCCCCCC[C@@H]1c2ccc(O)cc2OC[C@]1(C)c1ccc(O)cc1.C[C@]1(c2ccc(O)cc2)COc2cc(O)ccc2[C@H]1CCCCCCCCC(=O)CCCCC(F)(F)C(F)(F)F.F.[3HH]. The average molecular weight is 1180 g/mol. The highest BCUT2D eigenvalue weighted by Crippen LogP contribution is 2.52. The van der Waals surface area contributed by atoms with E-state index in [0.717, 1.165) is 99.3 Å². The fourth-order valence-corrected chi connectivity index (χ4v) is 11.3. The first-order valence-corrected chi connectivity index (χ1v) is 28.5. The number of rotatable bonds is 30. The third kappa shape index (κ3) is 19.4. The average Bonchev–Trinajstić information content (AvgIpc) is 3.34. The molecule has 4 aromatic carbocycles. The number of fused-ring (bicyclic) bond motifs is 2. The third-order valence-corrected chi connectivity index (χ3v) is 16.5. The van der Waals surface area contributed by atoms with Crippen LogP contribution in [0.5, 0.6) is 34.5 Å². The van der Waals surface area contributed by atoms with Crippen LogP contribution in [0.3, 0.4) is 0 Å². The Bertz CT molecular complexity index is 2600. The van der Waals surface area contributed by atoms with Crippen LogP contribution in [0.25, 0.3) is 0 Å². The number of ether oxygens (including phenoxy) is 2. The van der Waals surface area contributed by atoms with E-state index < -0.39 is 43.0 Å². The van der Waals surface area contributed by atoms with Crippen LogP contribution in [-0.2, 0) is 20.4 Å². The summed E-state index contributed by atoms with van der Waals surface area (Å²) in [4.78, 5) is 24.2. The number of halogens is 11. The predicted octanol–water partition coefficient (Wildman–Crippen LogP) is 18.6. The zero-order chi connectivity index (χ0) is 59.7. The van der Waals surface area contributed by atoms with Crippen molar-refractivity contribution >= 4 is 11.6 Å². The lowest BCUT2D eigenvalue weighted by atomic mass is 9.66. The van der Waals surface area contributed by atoms with Crippen LogP contribution < -0.4 is 9.47 Å². The summed E-state index contributed by atoms with van der Waals surface area (Å²) in [5.74, 6) is -7.66. The number of ketones is 2. The molecule has 0 bridgehead atoms. The van der Waals surface area contributed by atoms with Crippen LogP contribution in [-0.4, -0.2) is 69.4 Å². The van der Waals surface area contributed by atoms with Gasteiger partial charge in [0.2, 0.25) is 0 Å². The van der Waals surface area contributed by atoms with E-state index in [4.69, 9.17) is 9.47 Å². The maximum Gasteiger partial charge on any atom is 0.453 e. The molecule has 460 valence electrons. The van der Waals surface area contributed by atoms with Crippen molar-refractivity contribution in [2.45, 2.75) is 215 Å². The Kier molecular flexibility index (Phi) is 25.7. The zero-order valence-electron chi connectivity index (χ0n) is 47.1. The first-order chi connectivity index (χ1) is 38.1.